The number of likely N-dealkylation sites (tertiary alicyclic amines) is 1. The van der Waals surface area contributed by atoms with Gasteiger partial charge in [0.25, 0.3) is 5.91 Å². The molecule has 24 heavy (non-hydrogen) atoms. The van der Waals surface area contributed by atoms with E-state index in [1.165, 1.54) is 0 Å². The van der Waals surface area contributed by atoms with E-state index in [4.69, 9.17) is 5.73 Å². The second-order valence-electron chi connectivity index (χ2n) is 5.87. The van der Waals surface area contributed by atoms with Crippen LogP contribution >= 0.6 is 24.8 Å². The van der Waals surface area contributed by atoms with Crippen molar-refractivity contribution >= 4 is 30.7 Å². The van der Waals surface area contributed by atoms with Crippen LogP contribution in [0.15, 0.2) is 36.8 Å². The fourth-order valence-corrected chi connectivity index (χ4v) is 2.99. The average Bonchev–Trinajstić information content (AvgIpc) is 3.08. The van der Waals surface area contributed by atoms with Gasteiger partial charge >= 0.3 is 0 Å². The molecule has 8 heteroatoms. The monoisotopic (exact) mass is 371 g/mol. The van der Waals surface area contributed by atoms with E-state index in [0.717, 1.165) is 19.4 Å². The standard InChI is InChI=1S/C16H21N5O.2ClH/c1-12-4-8-20(14(9-12)11-17)16(22)13-3-6-18-15(10-13)21-7-2-5-19-21;;/h2-3,5-7,10,12,14H,4,8-9,11,17H2,1H3;2*1H. The number of hydrogen-bond donors (Lipinski definition) is 1. The number of hydrogen-bond acceptors (Lipinski definition) is 4. The van der Waals surface area contributed by atoms with E-state index in [9.17, 15) is 4.79 Å². The van der Waals surface area contributed by atoms with Gasteiger partial charge in [-0.3, -0.25) is 4.79 Å². The van der Waals surface area contributed by atoms with Crippen molar-refractivity contribution in [3.05, 3.63) is 42.4 Å². The van der Waals surface area contributed by atoms with Crippen molar-refractivity contribution in [2.75, 3.05) is 13.1 Å². The van der Waals surface area contributed by atoms with Gasteiger partial charge in [0.15, 0.2) is 5.82 Å². The van der Waals surface area contributed by atoms with Crippen molar-refractivity contribution in [1.29, 1.82) is 0 Å². The number of piperidine rings is 1. The zero-order valence-corrected chi connectivity index (χ0v) is 15.2. The normalized spacial score (nSPS) is 20.0. The van der Waals surface area contributed by atoms with Crippen LogP contribution in [0.2, 0.25) is 0 Å². The van der Waals surface area contributed by atoms with Gasteiger partial charge in [-0.2, -0.15) is 5.10 Å². The number of amides is 1. The molecule has 0 radical (unpaired) electrons. The quantitative estimate of drug-likeness (QED) is 0.897. The second kappa shape index (κ2) is 9.01. The summed E-state index contributed by atoms with van der Waals surface area (Å²) in [6.07, 6.45) is 7.14. The molecule has 3 rings (SSSR count). The molecule has 132 valence electrons. The smallest absolute Gasteiger partial charge is 0.254 e. The van der Waals surface area contributed by atoms with E-state index < -0.39 is 0 Å². The van der Waals surface area contributed by atoms with Crippen molar-refractivity contribution in [3.63, 3.8) is 0 Å². The molecule has 1 amide bonds. The van der Waals surface area contributed by atoms with Crippen LogP contribution in [0.1, 0.15) is 30.1 Å². The fraction of sp³-hybridized carbons (Fsp3) is 0.438. The first-order valence-electron chi connectivity index (χ1n) is 7.66. The Morgan fingerprint density at radius 3 is 2.83 bits per heavy atom. The molecule has 0 aliphatic carbocycles. The van der Waals surface area contributed by atoms with E-state index in [1.54, 1.807) is 29.2 Å². The van der Waals surface area contributed by atoms with Crippen LogP contribution in [0, 0.1) is 5.92 Å². The molecule has 0 spiro atoms. The van der Waals surface area contributed by atoms with Crippen LogP contribution in [0.25, 0.3) is 5.82 Å². The van der Waals surface area contributed by atoms with Crippen LogP contribution < -0.4 is 5.73 Å². The highest BCUT2D eigenvalue weighted by atomic mass is 35.5. The largest absolute Gasteiger partial charge is 0.334 e. The molecule has 2 unspecified atom stereocenters. The predicted molar refractivity (Wildman–Crippen MR) is 98.1 cm³/mol. The molecule has 2 aromatic heterocycles. The van der Waals surface area contributed by atoms with Gasteiger partial charge in [-0.25, -0.2) is 9.67 Å². The van der Waals surface area contributed by atoms with E-state index in [1.807, 2.05) is 17.2 Å². The molecule has 1 fully saturated rings. The van der Waals surface area contributed by atoms with Crippen molar-refractivity contribution < 1.29 is 4.79 Å². The Morgan fingerprint density at radius 2 is 2.17 bits per heavy atom. The predicted octanol–water partition coefficient (Wildman–Crippen LogP) is 2.31. The third kappa shape index (κ3) is 4.26. The highest BCUT2D eigenvalue weighted by molar-refractivity contribution is 5.94. The minimum atomic E-state index is 0. The first kappa shape index (κ1) is 20.4. The molecule has 0 aromatic carbocycles. The third-order valence-corrected chi connectivity index (χ3v) is 4.24. The Balaban J connectivity index is 0.00000144. The summed E-state index contributed by atoms with van der Waals surface area (Å²) >= 11 is 0. The summed E-state index contributed by atoms with van der Waals surface area (Å²) in [7, 11) is 0. The number of nitrogens with two attached hydrogens (primary N) is 1. The first-order valence-corrected chi connectivity index (χ1v) is 7.66. The number of pyridine rings is 1. The lowest BCUT2D eigenvalue weighted by molar-refractivity contribution is 0.0573. The summed E-state index contributed by atoms with van der Waals surface area (Å²) in [5.41, 5.74) is 6.49. The van der Waals surface area contributed by atoms with E-state index in [0.29, 0.717) is 23.8 Å². The zero-order valence-electron chi connectivity index (χ0n) is 13.5. The van der Waals surface area contributed by atoms with E-state index in [2.05, 4.69) is 17.0 Å². The Labute approximate surface area is 154 Å². The van der Waals surface area contributed by atoms with Gasteiger partial charge in [0, 0.05) is 43.3 Å². The number of carbonyl (C=O) groups excluding carboxylic acids is 1. The summed E-state index contributed by atoms with van der Waals surface area (Å²) in [4.78, 5) is 19.0. The minimum absolute atomic E-state index is 0. The van der Waals surface area contributed by atoms with Gasteiger partial charge in [-0.15, -0.1) is 24.8 Å². The molecule has 2 N–H and O–H groups in total. The maximum atomic E-state index is 12.8. The molecule has 1 aliphatic heterocycles. The van der Waals surface area contributed by atoms with Gasteiger partial charge in [-0.1, -0.05) is 6.92 Å². The van der Waals surface area contributed by atoms with Gasteiger partial charge in [0.1, 0.15) is 0 Å². The molecule has 0 saturated carbocycles. The molecule has 6 nitrogen and oxygen atoms in total. The van der Waals surface area contributed by atoms with Crippen molar-refractivity contribution in [2.24, 2.45) is 11.7 Å². The summed E-state index contributed by atoms with van der Waals surface area (Å²) in [5.74, 6) is 1.29. The van der Waals surface area contributed by atoms with E-state index >= 15 is 0 Å². The van der Waals surface area contributed by atoms with Crippen molar-refractivity contribution in [1.82, 2.24) is 19.7 Å². The maximum absolute atomic E-state index is 12.8. The Morgan fingerprint density at radius 1 is 1.38 bits per heavy atom. The lowest BCUT2D eigenvalue weighted by Gasteiger charge is -2.38. The van der Waals surface area contributed by atoms with Crippen LogP contribution in [-0.2, 0) is 0 Å². The highest BCUT2D eigenvalue weighted by Crippen LogP contribution is 2.23. The molecular weight excluding hydrogens is 349 g/mol. The average molecular weight is 372 g/mol. The van der Waals surface area contributed by atoms with Crippen LogP contribution in [0.5, 0.6) is 0 Å². The second-order valence-corrected chi connectivity index (χ2v) is 5.87. The molecule has 2 atom stereocenters. The topological polar surface area (TPSA) is 77.0 Å². The minimum Gasteiger partial charge on any atom is -0.334 e. The molecular formula is C16H23Cl2N5O. The third-order valence-electron chi connectivity index (χ3n) is 4.24. The molecule has 0 bridgehead atoms. The molecule has 1 aliphatic rings. The number of halogens is 2. The number of rotatable bonds is 3. The SMILES string of the molecule is CC1CCN(C(=O)c2ccnc(-n3cccn3)c2)C(CN)C1.Cl.Cl. The highest BCUT2D eigenvalue weighted by Gasteiger charge is 2.29. The number of aromatic nitrogens is 3. The number of carbonyl (C=O) groups is 1. The Kier molecular flexibility index (Phi) is 7.66. The maximum Gasteiger partial charge on any atom is 0.254 e. The van der Waals surface area contributed by atoms with Crippen LogP contribution in [-0.4, -0.2) is 44.7 Å². The van der Waals surface area contributed by atoms with Crippen molar-refractivity contribution in [3.8, 4) is 5.82 Å². The molecule has 3 heterocycles. The van der Waals surface area contributed by atoms with Gasteiger partial charge in [0.05, 0.1) is 0 Å². The number of nitrogens with zero attached hydrogens (tertiary/aromatic N) is 4. The first-order chi connectivity index (χ1) is 10.7. The fourth-order valence-electron chi connectivity index (χ4n) is 2.99. The molecule has 2 aromatic rings. The van der Waals surface area contributed by atoms with Crippen LogP contribution in [0.3, 0.4) is 0 Å². The summed E-state index contributed by atoms with van der Waals surface area (Å²) < 4.78 is 1.65. The van der Waals surface area contributed by atoms with Crippen LogP contribution in [0.4, 0.5) is 0 Å². The summed E-state index contributed by atoms with van der Waals surface area (Å²) in [6, 6.07) is 5.48. The van der Waals surface area contributed by atoms with Gasteiger partial charge in [0.2, 0.25) is 0 Å². The summed E-state index contributed by atoms with van der Waals surface area (Å²) in [5, 5.41) is 4.15. The van der Waals surface area contributed by atoms with Gasteiger partial charge in [-0.05, 0) is 37.0 Å². The summed E-state index contributed by atoms with van der Waals surface area (Å²) in [6.45, 7) is 3.49. The Bertz CT molecular complexity index is 650. The lowest BCUT2D eigenvalue weighted by atomic mass is 9.92. The lowest BCUT2D eigenvalue weighted by Crippen LogP contribution is -2.49. The Hall–Kier alpha value is -1.63. The van der Waals surface area contributed by atoms with E-state index in [-0.39, 0.29) is 36.8 Å². The molecule has 1 saturated heterocycles. The van der Waals surface area contributed by atoms with Crippen molar-refractivity contribution in [2.45, 2.75) is 25.8 Å². The van der Waals surface area contributed by atoms with Gasteiger partial charge < -0.3 is 10.6 Å². The zero-order chi connectivity index (χ0) is 15.5.